The molecule has 0 aliphatic rings. The van der Waals surface area contributed by atoms with E-state index in [0.29, 0.717) is 0 Å². The fourth-order valence-corrected chi connectivity index (χ4v) is 2.08. The predicted octanol–water partition coefficient (Wildman–Crippen LogP) is 3.45. The summed E-state index contributed by atoms with van der Waals surface area (Å²) in [6, 6.07) is 11.6. The molecular formula is C16H13NO2. The van der Waals surface area contributed by atoms with Gasteiger partial charge in [-0.25, -0.2) is 4.79 Å². The van der Waals surface area contributed by atoms with E-state index in [9.17, 15) is 4.79 Å². The molecule has 2 aromatic carbocycles. The first-order chi connectivity index (χ1) is 9.01. The normalized spacial score (nSPS) is 11.3. The van der Waals surface area contributed by atoms with Gasteiger partial charge in [0.1, 0.15) is 11.6 Å². The lowest BCUT2D eigenvalue weighted by Crippen LogP contribution is -1.97. The highest BCUT2D eigenvalue weighted by atomic mass is 16.4. The molecule has 0 saturated heterocycles. The molecule has 0 saturated carbocycles. The molecule has 0 amide bonds. The Balaban J connectivity index is 2.62. The van der Waals surface area contributed by atoms with Crippen LogP contribution >= 0.6 is 0 Å². The molecule has 3 heteroatoms. The van der Waals surface area contributed by atoms with Crippen LogP contribution in [0.15, 0.2) is 35.9 Å². The first-order valence-electron chi connectivity index (χ1n) is 5.87. The molecule has 0 heterocycles. The van der Waals surface area contributed by atoms with Crippen LogP contribution in [-0.4, -0.2) is 11.1 Å². The molecule has 94 valence electrons. The summed E-state index contributed by atoms with van der Waals surface area (Å²) in [6.07, 6.45) is 1.40. The molecule has 3 nitrogen and oxygen atoms in total. The number of benzene rings is 2. The monoisotopic (exact) mass is 251 g/mol. The zero-order valence-corrected chi connectivity index (χ0v) is 10.8. The number of carboxylic acids is 1. The number of nitrogens with zero attached hydrogens (tertiary/aromatic N) is 1. The van der Waals surface area contributed by atoms with Crippen LogP contribution < -0.4 is 0 Å². The quantitative estimate of drug-likeness (QED) is 0.656. The van der Waals surface area contributed by atoms with E-state index in [0.717, 1.165) is 21.9 Å². The van der Waals surface area contributed by atoms with Gasteiger partial charge >= 0.3 is 5.97 Å². The average molecular weight is 251 g/mol. The molecule has 2 rings (SSSR count). The van der Waals surface area contributed by atoms with Crippen LogP contribution in [0.4, 0.5) is 0 Å². The van der Waals surface area contributed by atoms with Gasteiger partial charge in [0.25, 0.3) is 0 Å². The van der Waals surface area contributed by atoms with Crippen molar-refractivity contribution in [3.8, 4) is 6.07 Å². The molecule has 0 bridgehead atoms. The summed E-state index contributed by atoms with van der Waals surface area (Å²) < 4.78 is 0. The summed E-state index contributed by atoms with van der Waals surface area (Å²) in [7, 11) is 0. The van der Waals surface area contributed by atoms with Crippen LogP contribution in [-0.2, 0) is 4.79 Å². The van der Waals surface area contributed by atoms with Gasteiger partial charge in [-0.2, -0.15) is 5.26 Å². The van der Waals surface area contributed by atoms with Crippen LogP contribution in [0.3, 0.4) is 0 Å². The Hall–Kier alpha value is -2.60. The number of hydrogen-bond donors (Lipinski definition) is 1. The highest BCUT2D eigenvalue weighted by Crippen LogP contribution is 2.23. The van der Waals surface area contributed by atoms with Crippen molar-refractivity contribution in [3.05, 3.63) is 52.6 Å². The van der Waals surface area contributed by atoms with E-state index in [4.69, 9.17) is 10.4 Å². The van der Waals surface area contributed by atoms with Gasteiger partial charge in [-0.1, -0.05) is 29.8 Å². The van der Waals surface area contributed by atoms with Crippen molar-refractivity contribution < 1.29 is 9.90 Å². The first kappa shape index (κ1) is 12.8. The minimum Gasteiger partial charge on any atom is -0.477 e. The SMILES string of the molecule is Cc1ccc2cc(/C=C(\C#N)C(=O)O)cc(C)c2c1. The van der Waals surface area contributed by atoms with E-state index in [2.05, 4.69) is 6.07 Å². The number of aryl methyl sites for hydroxylation is 2. The zero-order valence-electron chi connectivity index (χ0n) is 10.8. The summed E-state index contributed by atoms with van der Waals surface area (Å²) in [6.45, 7) is 4.01. The maximum Gasteiger partial charge on any atom is 0.346 e. The van der Waals surface area contributed by atoms with Crippen LogP contribution in [0.1, 0.15) is 16.7 Å². The third kappa shape index (κ3) is 2.63. The smallest absolute Gasteiger partial charge is 0.346 e. The Morgan fingerprint density at radius 2 is 2.00 bits per heavy atom. The minimum absolute atomic E-state index is 0.258. The van der Waals surface area contributed by atoms with Crippen molar-refractivity contribution in [1.29, 1.82) is 5.26 Å². The Kier molecular flexibility index (Phi) is 3.35. The second kappa shape index (κ2) is 4.95. The Bertz CT molecular complexity index is 736. The number of carbonyl (C=O) groups is 1. The van der Waals surface area contributed by atoms with E-state index in [-0.39, 0.29) is 5.57 Å². The molecule has 0 unspecified atom stereocenters. The summed E-state index contributed by atoms with van der Waals surface area (Å²) in [5.41, 5.74) is 2.72. The van der Waals surface area contributed by atoms with Crippen LogP contribution in [0, 0.1) is 25.2 Å². The van der Waals surface area contributed by atoms with Crippen LogP contribution in [0.2, 0.25) is 0 Å². The molecule has 0 spiro atoms. The van der Waals surface area contributed by atoms with Crippen LogP contribution in [0.5, 0.6) is 0 Å². The lowest BCUT2D eigenvalue weighted by molar-refractivity contribution is -0.132. The highest BCUT2D eigenvalue weighted by Gasteiger charge is 2.07. The van der Waals surface area contributed by atoms with Crippen molar-refractivity contribution in [1.82, 2.24) is 0 Å². The van der Waals surface area contributed by atoms with Gasteiger partial charge in [-0.05, 0) is 47.9 Å². The standard InChI is InChI=1S/C16H13NO2/c1-10-3-4-13-7-12(6-11(2)15(13)5-10)8-14(9-17)16(18)19/h3-8H,1-2H3,(H,18,19)/b14-8+. The van der Waals surface area contributed by atoms with Gasteiger partial charge < -0.3 is 5.11 Å². The topological polar surface area (TPSA) is 61.1 Å². The van der Waals surface area contributed by atoms with E-state index in [1.54, 1.807) is 6.07 Å². The average Bonchev–Trinajstić information content (AvgIpc) is 2.36. The molecule has 0 atom stereocenters. The predicted molar refractivity (Wildman–Crippen MR) is 74.6 cm³/mol. The molecule has 19 heavy (non-hydrogen) atoms. The maximum atomic E-state index is 10.8. The molecule has 0 aliphatic heterocycles. The number of hydrogen-bond acceptors (Lipinski definition) is 2. The molecule has 0 aromatic heterocycles. The molecule has 0 aliphatic carbocycles. The Morgan fingerprint density at radius 1 is 1.26 bits per heavy atom. The summed E-state index contributed by atoms with van der Waals surface area (Å²) in [4.78, 5) is 10.8. The number of carboxylic acid groups (broad SMARTS) is 1. The molecule has 0 fully saturated rings. The molecule has 1 N–H and O–H groups in total. The van der Waals surface area contributed by atoms with Gasteiger partial charge in [0, 0.05) is 0 Å². The van der Waals surface area contributed by atoms with Gasteiger partial charge in [0.2, 0.25) is 0 Å². The number of aliphatic carboxylic acids is 1. The lowest BCUT2D eigenvalue weighted by Gasteiger charge is -2.06. The van der Waals surface area contributed by atoms with Gasteiger partial charge in [-0.15, -0.1) is 0 Å². The second-order valence-corrected chi connectivity index (χ2v) is 4.54. The second-order valence-electron chi connectivity index (χ2n) is 4.54. The number of nitriles is 1. The highest BCUT2D eigenvalue weighted by molar-refractivity contribution is 5.97. The Labute approximate surface area is 111 Å². The summed E-state index contributed by atoms with van der Waals surface area (Å²) >= 11 is 0. The summed E-state index contributed by atoms with van der Waals surface area (Å²) in [5.74, 6) is -1.20. The zero-order chi connectivity index (χ0) is 14.0. The van der Waals surface area contributed by atoms with E-state index < -0.39 is 5.97 Å². The molecule has 0 radical (unpaired) electrons. The fourth-order valence-electron chi connectivity index (χ4n) is 2.08. The maximum absolute atomic E-state index is 10.8. The van der Waals surface area contributed by atoms with E-state index in [1.807, 2.05) is 38.1 Å². The minimum atomic E-state index is -1.20. The van der Waals surface area contributed by atoms with Gasteiger partial charge in [-0.3, -0.25) is 0 Å². The van der Waals surface area contributed by atoms with Crippen molar-refractivity contribution in [2.24, 2.45) is 0 Å². The third-order valence-corrected chi connectivity index (χ3v) is 3.00. The van der Waals surface area contributed by atoms with E-state index in [1.165, 1.54) is 11.6 Å². The van der Waals surface area contributed by atoms with Gasteiger partial charge in [0.05, 0.1) is 0 Å². The summed E-state index contributed by atoms with van der Waals surface area (Å²) in [5, 5.41) is 19.8. The molecule has 2 aromatic rings. The fraction of sp³-hybridized carbons (Fsp3) is 0.125. The largest absolute Gasteiger partial charge is 0.477 e. The third-order valence-electron chi connectivity index (χ3n) is 3.00. The van der Waals surface area contributed by atoms with Crippen molar-refractivity contribution in [2.45, 2.75) is 13.8 Å². The number of rotatable bonds is 2. The van der Waals surface area contributed by atoms with E-state index >= 15 is 0 Å². The van der Waals surface area contributed by atoms with Crippen molar-refractivity contribution >= 4 is 22.8 Å². The van der Waals surface area contributed by atoms with Crippen molar-refractivity contribution in [3.63, 3.8) is 0 Å². The van der Waals surface area contributed by atoms with Crippen LogP contribution in [0.25, 0.3) is 16.8 Å². The molecular weight excluding hydrogens is 238 g/mol. The Morgan fingerprint density at radius 3 is 2.63 bits per heavy atom. The van der Waals surface area contributed by atoms with Gasteiger partial charge in [0.15, 0.2) is 0 Å². The lowest BCUT2D eigenvalue weighted by atomic mass is 9.99. The first-order valence-corrected chi connectivity index (χ1v) is 5.87. The van der Waals surface area contributed by atoms with Crippen molar-refractivity contribution in [2.75, 3.05) is 0 Å². The number of fused-ring (bicyclic) bond motifs is 1.